The number of fused-ring (bicyclic) bond motifs is 1. The van der Waals surface area contributed by atoms with Crippen molar-refractivity contribution in [2.45, 2.75) is 26.3 Å². The second-order valence-electron chi connectivity index (χ2n) is 5.54. The lowest BCUT2D eigenvalue weighted by Gasteiger charge is -2.31. The Morgan fingerprint density at radius 1 is 1.45 bits per heavy atom. The third kappa shape index (κ3) is 2.29. The number of benzene rings is 1. The molecule has 1 aromatic carbocycles. The number of carbonyl (C=O) groups is 1. The predicted octanol–water partition coefficient (Wildman–Crippen LogP) is 1.72. The highest BCUT2D eigenvalue weighted by atomic mass is 19.1. The second-order valence-corrected chi connectivity index (χ2v) is 5.54. The van der Waals surface area contributed by atoms with Gasteiger partial charge in [-0.15, -0.1) is 0 Å². The maximum absolute atomic E-state index is 13.8. The molecule has 0 aliphatic carbocycles. The van der Waals surface area contributed by atoms with E-state index in [4.69, 9.17) is 5.73 Å². The fourth-order valence-corrected chi connectivity index (χ4v) is 2.33. The number of nitrogens with zero attached hydrogens (tertiary/aromatic N) is 1. The standard InChI is InChI=1S/C14H18F2N2O2/c1-3-14(2,7-19)6-18-10-5-8(15)4-9(16)11(10)12(17)13(18)20/h4-5,12,19H,3,6-7,17H2,1-2H3. The molecule has 4 nitrogen and oxygen atoms in total. The van der Waals surface area contributed by atoms with Crippen molar-refractivity contribution in [2.75, 3.05) is 18.1 Å². The Morgan fingerprint density at radius 2 is 2.10 bits per heavy atom. The lowest BCUT2D eigenvalue weighted by Crippen LogP contribution is -2.41. The predicted molar refractivity (Wildman–Crippen MR) is 71.1 cm³/mol. The molecule has 0 spiro atoms. The maximum Gasteiger partial charge on any atom is 0.248 e. The Morgan fingerprint density at radius 3 is 2.65 bits per heavy atom. The Bertz CT molecular complexity index is 544. The van der Waals surface area contributed by atoms with Crippen LogP contribution in [0.1, 0.15) is 31.9 Å². The molecule has 0 radical (unpaired) electrons. The lowest BCUT2D eigenvalue weighted by molar-refractivity contribution is -0.119. The van der Waals surface area contributed by atoms with Gasteiger partial charge in [-0.1, -0.05) is 13.8 Å². The van der Waals surface area contributed by atoms with Crippen LogP contribution >= 0.6 is 0 Å². The van der Waals surface area contributed by atoms with Crippen LogP contribution in [0.25, 0.3) is 0 Å². The summed E-state index contributed by atoms with van der Waals surface area (Å²) in [5.74, 6) is -2.04. The number of carbonyl (C=O) groups excluding carboxylic acids is 1. The number of anilines is 1. The topological polar surface area (TPSA) is 66.6 Å². The van der Waals surface area contributed by atoms with Crippen LogP contribution in [-0.4, -0.2) is 24.2 Å². The SMILES string of the molecule is CCC(C)(CO)CN1C(=O)C(N)c2c(F)cc(F)cc21. The lowest BCUT2D eigenvalue weighted by atomic mass is 9.88. The molecule has 1 amide bonds. The zero-order valence-corrected chi connectivity index (χ0v) is 11.5. The summed E-state index contributed by atoms with van der Waals surface area (Å²) in [6, 6.07) is 0.711. The minimum atomic E-state index is -1.12. The smallest absolute Gasteiger partial charge is 0.248 e. The van der Waals surface area contributed by atoms with Crippen LogP contribution in [0.5, 0.6) is 0 Å². The van der Waals surface area contributed by atoms with E-state index < -0.39 is 29.0 Å². The molecule has 0 saturated heterocycles. The summed E-state index contributed by atoms with van der Waals surface area (Å²) >= 11 is 0. The van der Waals surface area contributed by atoms with Crippen LogP contribution in [0.15, 0.2) is 12.1 Å². The number of amides is 1. The molecule has 1 aliphatic rings. The van der Waals surface area contributed by atoms with Gasteiger partial charge in [0.1, 0.15) is 17.7 Å². The summed E-state index contributed by atoms with van der Waals surface area (Å²) < 4.78 is 27.2. The van der Waals surface area contributed by atoms with Crippen LogP contribution in [0.4, 0.5) is 14.5 Å². The summed E-state index contributed by atoms with van der Waals surface area (Å²) in [5, 5.41) is 9.44. The average Bonchev–Trinajstić information content (AvgIpc) is 2.63. The van der Waals surface area contributed by atoms with Crippen LogP contribution in [0.3, 0.4) is 0 Å². The van der Waals surface area contributed by atoms with Crippen LogP contribution in [0.2, 0.25) is 0 Å². The van der Waals surface area contributed by atoms with Crippen molar-refractivity contribution in [3.05, 3.63) is 29.3 Å². The Balaban J connectivity index is 2.45. The molecule has 6 heteroatoms. The molecule has 0 fully saturated rings. The van der Waals surface area contributed by atoms with Crippen LogP contribution in [0, 0.1) is 17.0 Å². The number of halogens is 2. The van der Waals surface area contributed by atoms with Crippen molar-refractivity contribution in [3.8, 4) is 0 Å². The van der Waals surface area contributed by atoms with Crippen LogP contribution in [-0.2, 0) is 4.79 Å². The summed E-state index contributed by atoms with van der Waals surface area (Å²) in [6.45, 7) is 3.72. The summed E-state index contributed by atoms with van der Waals surface area (Å²) in [5.41, 5.74) is 5.36. The third-order valence-electron chi connectivity index (χ3n) is 3.98. The van der Waals surface area contributed by atoms with Gasteiger partial charge < -0.3 is 15.7 Å². The summed E-state index contributed by atoms with van der Waals surface area (Å²) in [7, 11) is 0. The van der Waals surface area contributed by atoms with E-state index in [1.165, 1.54) is 4.90 Å². The first-order chi connectivity index (χ1) is 9.33. The minimum Gasteiger partial charge on any atom is -0.396 e. The van der Waals surface area contributed by atoms with Gasteiger partial charge in [0.05, 0.1) is 12.3 Å². The molecule has 0 aromatic heterocycles. The number of aliphatic hydroxyl groups is 1. The van der Waals surface area contributed by atoms with Gasteiger partial charge in [0.25, 0.3) is 0 Å². The largest absolute Gasteiger partial charge is 0.396 e. The molecule has 2 rings (SSSR count). The van der Waals surface area contributed by atoms with Crippen molar-refractivity contribution in [1.29, 1.82) is 0 Å². The van der Waals surface area contributed by atoms with Gasteiger partial charge in [-0.05, 0) is 12.5 Å². The zero-order chi connectivity index (χ0) is 15.1. The highest BCUT2D eigenvalue weighted by Gasteiger charge is 2.40. The van der Waals surface area contributed by atoms with Gasteiger partial charge in [-0.3, -0.25) is 4.79 Å². The Kier molecular flexibility index (Phi) is 3.80. The molecule has 3 N–H and O–H groups in total. The number of aliphatic hydroxyl groups excluding tert-OH is 1. The summed E-state index contributed by atoms with van der Waals surface area (Å²) in [4.78, 5) is 13.4. The normalized spacial score (nSPS) is 21.0. The van der Waals surface area contributed by atoms with E-state index >= 15 is 0 Å². The van der Waals surface area contributed by atoms with Crippen molar-refractivity contribution in [1.82, 2.24) is 0 Å². The Hall–Kier alpha value is -1.53. The van der Waals surface area contributed by atoms with Gasteiger partial charge in [-0.2, -0.15) is 0 Å². The van der Waals surface area contributed by atoms with Crippen molar-refractivity contribution in [2.24, 2.45) is 11.1 Å². The number of hydrogen-bond acceptors (Lipinski definition) is 3. The van der Waals surface area contributed by atoms with E-state index in [1.54, 1.807) is 6.92 Å². The van der Waals surface area contributed by atoms with Crippen LogP contribution < -0.4 is 10.6 Å². The minimum absolute atomic E-state index is 0.0211. The molecule has 20 heavy (non-hydrogen) atoms. The van der Waals surface area contributed by atoms with E-state index in [9.17, 15) is 18.7 Å². The van der Waals surface area contributed by atoms with Gasteiger partial charge >= 0.3 is 0 Å². The Labute approximate surface area is 116 Å². The van der Waals surface area contributed by atoms with Gasteiger partial charge in [-0.25, -0.2) is 8.78 Å². The molecule has 0 saturated carbocycles. The highest BCUT2D eigenvalue weighted by molar-refractivity contribution is 6.04. The molecule has 1 aliphatic heterocycles. The fourth-order valence-electron chi connectivity index (χ4n) is 2.33. The van der Waals surface area contributed by atoms with Gasteiger partial charge in [0, 0.05) is 23.6 Å². The zero-order valence-electron chi connectivity index (χ0n) is 11.5. The van der Waals surface area contributed by atoms with E-state index in [-0.39, 0.29) is 24.4 Å². The molecular weight excluding hydrogens is 266 g/mol. The molecule has 1 aromatic rings. The molecule has 110 valence electrons. The first kappa shape index (κ1) is 14.9. The number of hydrogen-bond donors (Lipinski definition) is 2. The van der Waals surface area contributed by atoms with Gasteiger partial charge in [0.15, 0.2) is 0 Å². The van der Waals surface area contributed by atoms with E-state index in [1.807, 2.05) is 6.92 Å². The van der Waals surface area contributed by atoms with Crippen molar-refractivity contribution < 1.29 is 18.7 Å². The summed E-state index contributed by atoms with van der Waals surface area (Å²) in [6.07, 6.45) is 0.621. The quantitative estimate of drug-likeness (QED) is 0.884. The molecule has 0 bridgehead atoms. The van der Waals surface area contributed by atoms with E-state index in [0.717, 1.165) is 12.1 Å². The second kappa shape index (κ2) is 5.10. The molecule has 2 atom stereocenters. The monoisotopic (exact) mass is 284 g/mol. The van der Waals surface area contributed by atoms with E-state index in [0.29, 0.717) is 6.42 Å². The molecular formula is C14H18F2N2O2. The highest BCUT2D eigenvalue weighted by Crippen LogP contribution is 2.39. The first-order valence-corrected chi connectivity index (χ1v) is 6.49. The molecule has 2 unspecified atom stereocenters. The molecule has 1 heterocycles. The fraction of sp³-hybridized carbons (Fsp3) is 0.500. The number of rotatable bonds is 4. The maximum atomic E-state index is 13.8. The van der Waals surface area contributed by atoms with Crippen molar-refractivity contribution in [3.63, 3.8) is 0 Å². The first-order valence-electron chi connectivity index (χ1n) is 6.49. The average molecular weight is 284 g/mol. The number of nitrogens with two attached hydrogens (primary N) is 1. The van der Waals surface area contributed by atoms with E-state index in [2.05, 4.69) is 0 Å². The van der Waals surface area contributed by atoms with Crippen molar-refractivity contribution >= 4 is 11.6 Å². The third-order valence-corrected chi connectivity index (χ3v) is 3.98. The van der Waals surface area contributed by atoms with Gasteiger partial charge in [0.2, 0.25) is 5.91 Å².